The number of quaternary nitrogens is 1. The number of hydrogen-bond acceptors (Lipinski definition) is 2. The molecule has 126 valence electrons. The Balaban J connectivity index is 1.73. The zero-order valence-corrected chi connectivity index (χ0v) is 13.8. The van der Waals surface area contributed by atoms with E-state index < -0.39 is 0 Å². The Kier molecular flexibility index (Phi) is 6.10. The van der Waals surface area contributed by atoms with Crippen molar-refractivity contribution in [3.63, 3.8) is 0 Å². The summed E-state index contributed by atoms with van der Waals surface area (Å²) in [5.41, 5.74) is 1.00. The van der Waals surface area contributed by atoms with E-state index in [4.69, 9.17) is 0 Å². The minimum atomic E-state index is -0.250. The summed E-state index contributed by atoms with van der Waals surface area (Å²) in [6, 6.07) is 6.20. The van der Waals surface area contributed by atoms with E-state index in [1.807, 2.05) is 11.8 Å². The summed E-state index contributed by atoms with van der Waals surface area (Å²) in [5, 5.41) is 2.94. The van der Waals surface area contributed by atoms with E-state index >= 15 is 0 Å². The van der Waals surface area contributed by atoms with Crippen LogP contribution >= 0.6 is 0 Å². The fourth-order valence-electron chi connectivity index (χ4n) is 2.86. The lowest BCUT2D eigenvalue weighted by Gasteiger charge is -2.34. The molecule has 0 aliphatic carbocycles. The van der Waals surface area contributed by atoms with Crippen LogP contribution in [0.5, 0.6) is 0 Å². The van der Waals surface area contributed by atoms with Gasteiger partial charge in [-0.1, -0.05) is 12.1 Å². The zero-order chi connectivity index (χ0) is 16.8. The van der Waals surface area contributed by atoms with Crippen LogP contribution in [0.4, 0.5) is 4.39 Å². The van der Waals surface area contributed by atoms with Crippen molar-refractivity contribution in [3.8, 4) is 0 Å². The Morgan fingerprint density at radius 1 is 1.26 bits per heavy atom. The summed E-state index contributed by atoms with van der Waals surface area (Å²) >= 11 is 0. The van der Waals surface area contributed by atoms with Gasteiger partial charge in [-0.15, -0.1) is 0 Å². The molecule has 0 spiro atoms. The van der Waals surface area contributed by atoms with E-state index in [9.17, 15) is 14.0 Å². The third-order valence-electron chi connectivity index (χ3n) is 4.48. The molecule has 1 heterocycles. The number of carbonyl (C=O) groups excluding carboxylic acids is 2. The average molecular weight is 322 g/mol. The summed E-state index contributed by atoms with van der Waals surface area (Å²) < 4.78 is 12.8. The fourth-order valence-corrected chi connectivity index (χ4v) is 2.86. The number of nitrogens with one attached hydrogen (secondary N) is 2. The fraction of sp³-hybridized carbons (Fsp3) is 0.529. The molecule has 1 aromatic carbocycles. The van der Waals surface area contributed by atoms with E-state index in [1.165, 1.54) is 17.0 Å². The van der Waals surface area contributed by atoms with E-state index in [-0.39, 0.29) is 23.7 Å². The van der Waals surface area contributed by atoms with Crippen LogP contribution in [0.1, 0.15) is 19.4 Å². The summed E-state index contributed by atoms with van der Waals surface area (Å²) in [7, 11) is 0. The third kappa shape index (κ3) is 5.03. The molecule has 0 saturated carbocycles. The van der Waals surface area contributed by atoms with E-state index in [1.54, 1.807) is 19.1 Å². The van der Waals surface area contributed by atoms with Crippen LogP contribution < -0.4 is 10.2 Å². The molecule has 0 aromatic heterocycles. The highest BCUT2D eigenvalue weighted by molar-refractivity contribution is 5.80. The van der Waals surface area contributed by atoms with E-state index in [0.29, 0.717) is 26.1 Å². The van der Waals surface area contributed by atoms with Gasteiger partial charge in [-0.05, 0) is 31.0 Å². The molecule has 23 heavy (non-hydrogen) atoms. The molecular formula is C17H25FN3O2+. The quantitative estimate of drug-likeness (QED) is 0.776. The van der Waals surface area contributed by atoms with Gasteiger partial charge in [0.25, 0.3) is 5.91 Å². The zero-order valence-electron chi connectivity index (χ0n) is 13.8. The molecule has 5 nitrogen and oxygen atoms in total. The van der Waals surface area contributed by atoms with Gasteiger partial charge in [0.2, 0.25) is 5.91 Å². The first-order chi connectivity index (χ1) is 11.0. The molecule has 2 amide bonds. The Hall–Kier alpha value is -1.95. The molecule has 1 aliphatic heterocycles. The number of benzene rings is 1. The molecule has 2 rings (SSSR count). The Bertz CT molecular complexity index is 539. The van der Waals surface area contributed by atoms with Crippen LogP contribution in [0.25, 0.3) is 0 Å². The van der Waals surface area contributed by atoms with Crippen LogP contribution in [0.2, 0.25) is 0 Å². The molecule has 1 atom stereocenters. The van der Waals surface area contributed by atoms with Crippen molar-refractivity contribution < 1.29 is 18.9 Å². The monoisotopic (exact) mass is 322 g/mol. The van der Waals surface area contributed by atoms with E-state index in [2.05, 4.69) is 5.32 Å². The molecule has 0 bridgehead atoms. The largest absolute Gasteiger partial charge is 0.351 e. The molecule has 0 unspecified atom stereocenters. The number of piperazine rings is 1. The van der Waals surface area contributed by atoms with Crippen molar-refractivity contribution in [1.82, 2.24) is 10.2 Å². The Morgan fingerprint density at radius 2 is 1.87 bits per heavy atom. The normalized spacial score (nSPS) is 16.9. The Morgan fingerprint density at radius 3 is 2.43 bits per heavy atom. The van der Waals surface area contributed by atoms with Crippen molar-refractivity contribution in [2.24, 2.45) is 0 Å². The van der Waals surface area contributed by atoms with Crippen LogP contribution in [-0.2, 0) is 16.0 Å². The van der Waals surface area contributed by atoms with E-state index in [0.717, 1.165) is 18.7 Å². The minimum Gasteiger partial charge on any atom is -0.351 e. The topological polar surface area (TPSA) is 53.9 Å². The van der Waals surface area contributed by atoms with Crippen LogP contribution in [-0.4, -0.2) is 55.5 Å². The maximum Gasteiger partial charge on any atom is 0.278 e. The summed E-state index contributed by atoms with van der Waals surface area (Å²) in [6.07, 6.45) is 0.687. The number of rotatable bonds is 5. The molecule has 1 saturated heterocycles. The number of nitrogens with zero attached hydrogens (tertiary/aromatic N) is 1. The smallest absolute Gasteiger partial charge is 0.278 e. The summed E-state index contributed by atoms with van der Waals surface area (Å²) in [6.45, 7) is 7.05. The lowest BCUT2D eigenvalue weighted by molar-refractivity contribution is -0.918. The highest BCUT2D eigenvalue weighted by Gasteiger charge is 2.29. The first-order valence-corrected chi connectivity index (χ1v) is 8.09. The molecule has 0 radical (unpaired) electrons. The maximum absolute atomic E-state index is 12.8. The second kappa shape index (κ2) is 8.06. The van der Waals surface area contributed by atoms with Crippen molar-refractivity contribution in [3.05, 3.63) is 35.6 Å². The predicted octanol–water partition coefficient (Wildman–Crippen LogP) is -0.380. The highest BCUT2D eigenvalue weighted by atomic mass is 19.1. The van der Waals surface area contributed by atoms with Gasteiger partial charge in [-0.25, -0.2) is 4.39 Å². The molecule has 1 aliphatic rings. The van der Waals surface area contributed by atoms with Crippen molar-refractivity contribution >= 4 is 11.8 Å². The second-order valence-corrected chi connectivity index (χ2v) is 6.05. The van der Waals surface area contributed by atoms with Crippen molar-refractivity contribution in [2.45, 2.75) is 26.3 Å². The third-order valence-corrected chi connectivity index (χ3v) is 4.48. The second-order valence-electron chi connectivity index (χ2n) is 6.05. The first-order valence-electron chi connectivity index (χ1n) is 8.09. The lowest BCUT2D eigenvalue weighted by Crippen LogP contribution is -3.19. The number of amides is 2. The van der Waals surface area contributed by atoms with Gasteiger partial charge < -0.3 is 15.1 Å². The molecular weight excluding hydrogens is 297 g/mol. The van der Waals surface area contributed by atoms with Gasteiger partial charge >= 0.3 is 0 Å². The van der Waals surface area contributed by atoms with Crippen molar-refractivity contribution in [1.29, 1.82) is 0 Å². The number of hydrogen-bond donors (Lipinski definition) is 2. The minimum absolute atomic E-state index is 0.0263. The number of carbonyl (C=O) groups is 2. The van der Waals surface area contributed by atoms with Crippen molar-refractivity contribution in [2.75, 3.05) is 32.7 Å². The number of halogens is 1. The van der Waals surface area contributed by atoms with Gasteiger partial charge in [0.05, 0.1) is 26.2 Å². The predicted molar refractivity (Wildman–Crippen MR) is 85.5 cm³/mol. The van der Waals surface area contributed by atoms with Gasteiger partial charge in [0, 0.05) is 13.5 Å². The van der Waals surface area contributed by atoms with Gasteiger partial charge in [0.1, 0.15) is 5.82 Å². The van der Waals surface area contributed by atoms with Gasteiger partial charge in [-0.2, -0.15) is 0 Å². The maximum atomic E-state index is 12.8. The Labute approximate surface area is 136 Å². The molecule has 1 fully saturated rings. The van der Waals surface area contributed by atoms with Gasteiger partial charge in [0.15, 0.2) is 6.04 Å². The highest BCUT2D eigenvalue weighted by Crippen LogP contribution is 2.02. The SMILES string of the molecule is CC(=O)N1CC[NH+]([C@H](C)C(=O)NCCc2ccc(F)cc2)CC1. The van der Waals surface area contributed by atoms with Crippen LogP contribution in [0.15, 0.2) is 24.3 Å². The van der Waals surface area contributed by atoms with Gasteiger partial charge in [-0.3, -0.25) is 9.59 Å². The molecule has 2 N–H and O–H groups in total. The summed E-state index contributed by atoms with van der Waals surface area (Å²) in [5.74, 6) is -0.126. The standard InChI is InChI=1S/C17H24FN3O2/c1-13(20-9-11-21(12-10-20)14(2)22)17(23)19-8-7-15-3-5-16(18)6-4-15/h3-6,13H,7-12H2,1-2H3,(H,19,23)/p+1/t13-/m1/s1. The van der Waals surface area contributed by atoms with Crippen LogP contribution in [0, 0.1) is 5.82 Å². The average Bonchev–Trinajstić information content (AvgIpc) is 2.56. The van der Waals surface area contributed by atoms with Crippen LogP contribution in [0.3, 0.4) is 0 Å². The molecule has 1 aromatic rings. The first kappa shape index (κ1) is 17.4. The lowest BCUT2D eigenvalue weighted by atomic mass is 10.1. The summed E-state index contributed by atoms with van der Waals surface area (Å²) in [4.78, 5) is 26.6. The molecule has 6 heteroatoms.